The van der Waals surface area contributed by atoms with Crippen LogP contribution in [0.25, 0.3) is 0 Å². The van der Waals surface area contributed by atoms with Crippen LogP contribution in [0.2, 0.25) is 0 Å². The molecule has 0 aromatic heterocycles. The largest absolute Gasteiger partial charge is 0.497 e. The number of rotatable bonds is 10. The zero-order valence-electron chi connectivity index (χ0n) is 15.5. The minimum absolute atomic E-state index is 0.188. The van der Waals surface area contributed by atoms with Crippen LogP contribution in [-0.4, -0.2) is 30.5 Å². The second-order valence-corrected chi connectivity index (χ2v) is 7.96. The second kappa shape index (κ2) is 10.5. The summed E-state index contributed by atoms with van der Waals surface area (Å²) in [6, 6.07) is 18.9. The SMILES string of the molecule is COc1ccc(SN(CCC(N)Cc2ccccc2)CC(C)C)cc1. The Labute approximate surface area is 156 Å². The molecule has 0 spiro atoms. The first-order chi connectivity index (χ1) is 12.1. The number of hydrogen-bond donors (Lipinski definition) is 1. The monoisotopic (exact) mass is 358 g/mol. The number of methoxy groups -OCH3 is 1. The van der Waals surface area contributed by atoms with Gasteiger partial charge in [0, 0.05) is 24.0 Å². The fourth-order valence-corrected chi connectivity index (χ4v) is 3.82. The zero-order valence-corrected chi connectivity index (χ0v) is 16.3. The van der Waals surface area contributed by atoms with E-state index in [1.165, 1.54) is 10.5 Å². The van der Waals surface area contributed by atoms with E-state index in [-0.39, 0.29) is 6.04 Å². The summed E-state index contributed by atoms with van der Waals surface area (Å²) in [5.41, 5.74) is 7.68. The molecule has 0 aliphatic heterocycles. The number of hydrogen-bond acceptors (Lipinski definition) is 4. The van der Waals surface area contributed by atoms with Crippen molar-refractivity contribution in [2.24, 2.45) is 11.7 Å². The lowest BCUT2D eigenvalue weighted by atomic mass is 10.0. The minimum atomic E-state index is 0.188. The quantitative estimate of drug-likeness (QED) is 0.629. The van der Waals surface area contributed by atoms with Gasteiger partial charge in [0.15, 0.2) is 0 Å². The third-order valence-corrected chi connectivity index (χ3v) is 5.03. The summed E-state index contributed by atoms with van der Waals surface area (Å²) >= 11 is 1.81. The van der Waals surface area contributed by atoms with Gasteiger partial charge in [0.2, 0.25) is 0 Å². The molecule has 2 rings (SSSR count). The van der Waals surface area contributed by atoms with E-state index >= 15 is 0 Å². The van der Waals surface area contributed by atoms with Crippen LogP contribution in [0.5, 0.6) is 5.75 Å². The van der Waals surface area contributed by atoms with Gasteiger partial charge >= 0.3 is 0 Å². The summed E-state index contributed by atoms with van der Waals surface area (Å²) in [6.07, 6.45) is 1.92. The molecule has 3 nitrogen and oxygen atoms in total. The highest BCUT2D eigenvalue weighted by atomic mass is 32.2. The smallest absolute Gasteiger partial charge is 0.118 e. The fourth-order valence-electron chi connectivity index (χ4n) is 2.70. The maximum atomic E-state index is 6.36. The van der Waals surface area contributed by atoms with Gasteiger partial charge in [-0.1, -0.05) is 44.2 Å². The topological polar surface area (TPSA) is 38.5 Å². The first-order valence-corrected chi connectivity index (χ1v) is 9.70. The molecule has 0 radical (unpaired) electrons. The van der Waals surface area contributed by atoms with Crippen molar-refractivity contribution in [2.75, 3.05) is 20.2 Å². The molecule has 0 bridgehead atoms. The fraction of sp³-hybridized carbons (Fsp3) is 0.429. The molecule has 1 atom stereocenters. The van der Waals surface area contributed by atoms with Gasteiger partial charge in [0.25, 0.3) is 0 Å². The Morgan fingerprint density at radius 2 is 1.72 bits per heavy atom. The van der Waals surface area contributed by atoms with Gasteiger partial charge in [0.05, 0.1) is 7.11 Å². The van der Waals surface area contributed by atoms with Crippen molar-refractivity contribution in [3.8, 4) is 5.75 Å². The highest BCUT2D eigenvalue weighted by molar-refractivity contribution is 7.97. The molecule has 0 fully saturated rings. The first-order valence-electron chi connectivity index (χ1n) is 8.93. The lowest BCUT2D eigenvalue weighted by molar-refractivity contribution is 0.384. The Kier molecular flexibility index (Phi) is 8.32. The van der Waals surface area contributed by atoms with E-state index in [4.69, 9.17) is 10.5 Å². The van der Waals surface area contributed by atoms with E-state index in [0.717, 1.165) is 31.7 Å². The third-order valence-electron chi connectivity index (χ3n) is 3.95. The molecule has 136 valence electrons. The van der Waals surface area contributed by atoms with Crippen molar-refractivity contribution in [3.63, 3.8) is 0 Å². The van der Waals surface area contributed by atoms with Crippen LogP contribution in [-0.2, 0) is 6.42 Å². The van der Waals surface area contributed by atoms with Crippen molar-refractivity contribution >= 4 is 11.9 Å². The van der Waals surface area contributed by atoms with Crippen LogP contribution in [0.4, 0.5) is 0 Å². The van der Waals surface area contributed by atoms with Gasteiger partial charge in [-0.15, -0.1) is 0 Å². The van der Waals surface area contributed by atoms with E-state index in [1.54, 1.807) is 19.1 Å². The normalized spacial score (nSPS) is 12.6. The highest BCUT2D eigenvalue weighted by Crippen LogP contribution is 2.26. The van der Waals surface area contributed by atoms with Crippen LogP contribution in [0.15, 0.2) is 59.5 Å². The maximum absolute atomic E-state index is 6.36. The summed E-state index contributed by atoms with van der Waals surface area (Å²) < 4.78 is 7.66. The van der Waals surface area contributed by atoms with Crippen LogP contribution in [0.1, 0.15) is 25.8 Å². The summed E-state index contributed by atoms with van der Waals surface area (Å²) in [7, 11) is 1.70. The first kappa shape index (κ1) is 19.8. The van der Waals surface area contributed by atoms with Crippen LogP contribution in [0, 0.1) is 5.92 Å². The zero-order chi connectivity index (χ0) is 18.1. The Bertz CT molecular complexity index is 601. The summed E-state index contributed by atoms with van der Waals surface area (Å²) in [4.78, 5) is 1.23. The average Bonchev–Trinajstić information content (AvgIpc) is 2.61. The average molecular weight is 359 g/mol. The second-order valence-electron chi connectivity index (χ2n) is 6.79. The molecule has 0 saturated heterocycles. The predicted molar refractivity (Wildman–Crippen MR) is 108 cm³/mol. The van der Waals surface area contributed by atoms with Crippen molar-refractivity contribution in [1.82, 2.24) is 4.31 Å². The third kappa shape index (κ3) is 7.51. The van der Waals surface area contributed by atoms with Gasteiger partial charge in [-0.25, -0.2) is 4.31 Å². The number of nitrogens with two attached hydrogens (primary N) is 1. The number of benzene rings is 2. The number of nitrogens with zero attached hydrogens (tertiary/aromatic N) is 1. The van der Waals surface area contributed by atoms with E-state index < -0.39 is 0 Å². The standard InChI is InChI=1S/C21H30N2OS/c1-17(2)16-23(25-21-11-9-20(24-3)10-12-21)14-13-19(22)15-18-7-5-4-6-8-18/h4-12,17,19H,13-16,22H2,1-3H3. The van der Waals surface area contributed by atoms with Crippen molar-refractivity contribution < 1.29 is 4.74 Å². The lowest BCUT2D eigenvalue weighted by Gasteiger charge is -2.24. The van der Waals surface area contributed by atoms with Gasteiger partial charge in [0.1, 0.15) is 5.75 Å². The highest BCUT2D eigenvalue weighted by Gasteiger charge is 2.12. The summed E-state index contributed by atoms with van der Waals surface area (Å²) in [6.45, 7) is 6.55. The van der Waals surface area contributed by atoms with Crippen molar-refractivity contribution in [2.45, 2.75) is 37.6 Å². The van der Waals surface area contributed by atoms with Crippen molar-refractivity contribution in [1.29, 1.82) is 0 Å². The van der Waals surface area contributed by atoms with E-state index in [1.807, 2.05) is 18.2 Å². The summed E-state index contributed by atoms with van der Waals surface area (Å²) in [5, 5.41) is 0. The van der Waals surface area contributed by atoms with Crippen LogP contribution < -0.4 is 10.5 Å². The van der Waals surface area contributed by atoms with E-state index in [9.17, 15) is 0 Å². The molecule has 0 aliphatic rings. The molecule has 0 saturated carbocycles. The summed E-state index contributed by atoms with van der Waals surface area (Å²) in [5.74, 6) is 1.51. The Morgan fingerprint density at radius 3 is 2.32 bits per heavy atom. The molecule has 0 heterocycles. The van der Waals surface area contributed by atoms with E-state index in [2.05, 4.69) is 54.6 Å². The van der Waals surface area contributed by atoms with Gasteiger partial charge < -0.3 is 10.5 Å². The predicted octanol–water partition coefficient (Wildman–Crippen LogP) is 4.62. The lowest BCUT2D eigenvalue weighted by Crippen LogP contribution is -2.30. The van der Waals surface area contributed by atoms with Gasteiger partial charge in [-0.05, 0) is 60.5 Å². The van der Waals surface area contributed by atoms with E-state index in [0.29, 0.717) is 5.92 Å². The minimum Gasteiger partial charge on any atom is -0.497 e. The molecule has 1 unspecified atom stereocenters. The molecule has 2 N–H and O–H groups in total. The van der Waals surface area contributed by atoms with Crippen LogP contribution >= 0.6 is 11.9 Å². The molecule has 0 amide bonds. The molecule has 2 aromatic rings. The Hall–Kier alpha value is -1.49. The van der Waals surface area contributed by atoms with Crippen LogP contribution in [0.3, 0.4) is 0 Å². The molecular formula is C21H30N2OS. The Balaban J connectivity index is 1.88. The van der Waals surface area contributed by atoms with Gasteiger partial charge in [-0.2, -0.15) is 0 Å². The molecule has 4 heteroatoms. The molecule has 0 aliphatic carbocycles. The Morgan fingerprint density at radius 1 is 1.04 bits per heavy atom. The maximum Gasteiger partial charge on any atom is 0.118 e. The molecular weight excluding hydrogens is 328 g/mol. The van der Waals surface area contributed by atoms with Crippen molar-refractivity contribution in [3.05, 3.63) is 60.2 Å². The molecule has 25 heavy (non-hydrogen) atoms. The number of ether oxygens (including phenoxy) is 1. The molecule has 2 aromatic carbocycles. The van der Waals surface area contributed by atoms with Gasteiger partial charge in [-0.3, -0.25) is 0 Å².